The SMILES string of the molecule is CCCCC(C(=O)OC)C(=O)c1cnccn1. The van der Waals surface area contributed by atoms with E-state index in [1.807, 2.05) is 6.92 Å². The van der Waals surface area contributed by atoms with Gasteiger partial charge in [-0.15, -0.1) is 0 Å². The first-order valence-corrected chi connectivity index (χ1v) is 5.58. The minimum atomic E-state index is -0.767. The molecular weight excluding hydrogens is 220 g/mol. The first-order valence-electron chi connectivity index (χ1n) is 5.58. The highest BCUT2D eigenvalue weighted by atomic mass is 16.5. The summed E-state index contributed by atoms with van der Waals surface area (Å²) in [5, 5.41) is 0. The number of unbranched alkanes of at least 4 members (excludes halogenated alkanes) is 1. The number of methoxy groups -OCH3 is 1. The van der Waals surface area contributed by atoms with Crippen molar-refractivity contribution in [2.75, 3.05) is 7.11 Å². The molecule has 1 aromatic rings. The van der Waals surface area contributed by atoms with E-state index < -0.39 is 11.9 Å². The number of ketones is 1. The number of hydrogen-bond donors (Lipinski definition) is 0. The molecule has 17 heavy (non-hydrogen) atoms. The van der Waals surface area contributed by atoms with Crippen LogP contribution in [0.4, 0.5) is 0 Å². The number of hydrogen-bond acceptors (Lipinski definition) is 5. The monoisotopic (exact) mass is 236 g/mol. The molecule has 0 aliphatic rings. The highest BCUT2D eigenvalue weighted by Gasteiger charge is 2.28. The van der Waals surface area contributed by atoms with Gasteiger partial charge in [0.1, 0.15) is 11.6 Å². The zero-order valence-corrected chi connectivity index (χ0v) is 10.0. The van der Waals surface area contributed by atoms with Gasteiger partial charge < -0.3 is 4.74 Å². The average molecular weight is 236 g/mol. The van der Waals surface area contributed by atoms with Crippen molar-refractivity contribution >= 4 is 11.8 Å². The van der Waals surface area contributed by atoms with Crippen LogP contribution in [0.2, 0.25) is 0 Å². The van der Waals surface area contributed by atoms with Gasteiger partial charge in [-0.25, -0.2) is 4.98 Å². The number of carbonyl (C=O) groups excluding carboxylic acids is 2. The van der Waals surface area contributed by atoms with Gasteiger partial charge in [0.25, 0.3) is 0 Å². The van der Waals surface area contributed by atoms with E-state index in [1.54, 1.807) is 0 Å². The second kappa shape index (κ2) is 6.73. The summed E-state index contributed by atoms with van der Waals surface area (Å²) in [7, 11) is 1.28. The van der Waals surface area contributed by atoms with E-state index >= 15 is 0 Å². The van der Waals surface area contributed by atoms with Crippen LogP contribution in [0.5, 0.6) is 0 Å². The fourth-order valence-corrected chi connectivity index (χ4v) is 1.51. The Kier molecular flexibility index (Phi) is 5.26. The second-order valence-electron chi connectivity index (χ2n) is 3.67. The van der Waals surface area contributed by atoms with Crippen molar-refractivity contribution in [1.82, 2.24) is 9.97 Å². The fraction of sp³-hybridized carbons (Fsp3) is 0.500. The van der Waals surface area contributed by atoms with Gasteiger partial charge >= 0.3 is 5.97 Å². The molecule has 1 rings (SSSR count). The van der Waals surface area contributed by atoms with Gasteiger partial charge in [0.05, 0.1) is 13.3 Å². The van der Waals surface area contributed by atoms with Crippen molar-refractivity contribution in [3.05, 3.63) is 24.3 Å². The largest absolute Gasteiger partial charge is 0.468 e. The van der Waals surface area contributed by atoms with Gasteiger partial charge in [-0.3, -0.25) is 14.6 Å². The Morgan fingerprint density at radius 1 is 1.41 bits per heavy atom. The minimum absolute atomic E-state index is 0.207. The van der Waals surface area contributed by atoms with Gasteiger partial charge in [0.15, 0.2) is 5.78 Å². The number of aromatic nitrogens is 2. The Morgan fingerprint density at radius 3 is 2.71 bits per heavy atom. The van der Waals surface area contributed by atoms with E-state index in [0.717, 1.165) is 12.8 Å². The fourth-order valence-electron chi connectivity index (χ4n) is 1.51. The normalized spacial score (nSPS) is 11.9. The zero-order valence-electron chi connectivity index (χ0n) is 10.0. The number of carbonyl (C=O) groups is 2. The molecule has 0 spiro atoms. The molecule has 5 nitrogen and oxygen atoms in total. The predicted molar refractivity (Wildman–Crippen MR) is 61.4 cm³/mol. The Balaban J connectivity index is 2.83. The molecule has 1 heterocycles. The zero-order chi connectivity index (χ0) is 12.7. The first-order chi connectivity index (χ1) is 8.20. The summed E-state index contributed by atoms with van der Waals surface area (Å²) in [5.74, 6) is -1.59. The number of ether oxygens (including phenoxy) is 1. The lowest BCUT2D eigenvalue weighted by atomic mass is 9.95. The second-order valence-corrected chi connectivity index (χ2v) is 3.67. The van der Waals surface area contributed by atoms with Gasteiger partial charge in [0.2, 0.25) is 0 Å². The van der Waals surface area contributed by atoms with Gasteiger partial charge in [0, 0.05) is 12.4 Å². The molecule has 0 aromatic carbocycles. The lowest BCUT2D eigenvalue weighted by molar-refractivity contribution is -0.143. The van der Waals surface area contributed by atoms with E-state index in [9.17, 15) is 9.59 Å². The van der Waals surface area contributed by atoms with Crippen molar-refractivity contribution in [3.8, 4) is 0 Å². The van der Waals surface area contributed by atoms with E-state index in [0.29, 0.717) is 6.42 Å². The lowest BCUT2D eigenvalue weighted by Gasteiger charge is -2.12. The third-order valence-corrected chi connectivity index (χ3v) is 2.46. The van der Waals surface area contributed by atoms with E-state index in [-0.39, 0.29) is 11.5 Å². The number of rotatable bonds is 6. The maximum Gasteiger partial charge on any atom is 0.316 e. The molecule has 1 atom stereocenters. The van der Waals surface area contributed by atoms with Crippen LogP contribution in [0.3, 0.4) is 0 Å². The number of nitrogens with zero attached hydrogens (tertiary/aromatic N) is 2. The summed E-state index contributed by atoms with van der Waals surface area (Å²) in [5.41, 5.74) is 0.207. The molecule has 1 unspecified atom stereocenters. The molecule has 0 aliphatic carbocycles. The summed E-state index contributed by atoms with van der Waals surface area (Å²) in [6.07, 6.45) is 6.48. The van der Waals surface area contributed by atoms with Gasteiger partial charge in [-0.1, -0.05) is 19.8 Å². The van der Waals surface area contributed by atoms with Crippen molar-refractivity contribution < 1.29 is 14.3 Å². The van der Waals surface area contributed by atoms with E-state index in [1.165, 1.54) is 25.7 Å². The number of esters is 1. The predicted octanol–water partition coefficient (Wildman–Crippen LogP) is 1.64. The Bertz CT molecular complexity index is 379. The van der Waals surface area contributed by atoms with Gasteiger partial charge in [-0.05, 0) is 6.42 Å². The third kappa shape index (κ3) is 3.62. The van der Waals surface area contributed by atoms with Crippen LogP contribution in [-0.4, -0.2) is 28.8 Å². The smallest absolute Gasteiger partial charge is 0.316 e. The van der Waals surface area contributed by atoms with Gasteiger partial charge in [-0.2, -0.15) is 0 Å². The van der Waals surface area contributed by atoms with Crippen LogP contribution in [0.1, 0.15) is 36.7 Å². The Hall–Kier alpha value is -1.78. The van der Waals surface area contributed by atoms with Crippen molar-refractivity contribution in [3.63, 3.8) is 0 Å². The maximum atomic E-state index is 12.0. The molecule has 0 aliphatic heterocycles. The summed E-state index contributed by atoms with van der Waals surface area (Å²) >= 11 is 0. The van der Waals surface area contributed by atoms with Crippen LogP contribution in [0.25, 0.3) is 0 Å². The Labute approximate surface area is 100 Å². The molecule has 0 amide bonds. The number of Topliss-reactive ketones (excluding diaryl/α,β-unsaturated/α-hetero) is 1. The van der Waals surface area contributed by atoms with E-state index in [4.69, 9.17) is 0 Å². The van der Waals surface area contributed by atoms with Crippen LogP contribution in [0, 0.1) is 5.92 Å². The summed E-state index contributed by atoms with van der Waals surface area (Å²) in [4.78, 5) is 31.3. The van der Waals surface area contributed by atoms with Crippen molar-refractivity contribution in [2.24, 2.45) is 5.92 Å². The van der Waals surface area contributed by atoms with Crippen LogP contribution in [-0.2, 0) is 9.53 Å². The topological polar surface area (TPSA) is 69.2 Å². The molecule has 5 heteroatoms. The minimum Gasteiger partial charge on any atom is -0.468 e. The highest BCUT2D eigenvalue weighted by molar-refractivity contribution is 6.07. The molecule has 0 bridgehead atoms. The molecule has 0 N–H and O–H groups in total. The maximum absolute atomic E-state index is 12.0. The molecule has 0 saturated carbocycles. The summed E-state index contributed by atoms with van der Waals surface area (Å²) < 4.78 is 4.64. The Morgan fingerprint density at radius 2 is 2.18 bits per heavy atom. The molecule has 0 fully saturated rings. The average Bonchev–Trinajstić information content (AvgIpc) is 2.39. The van der Waals surface area contributed by atoms with Crippen LogP contribution in [0.15, 0.2) is 18.6 Å². The molecule has 0 radical (unpaired) electrons. The van der Waals surface area contributed by atoms with Crippen molar-refractivity contribution in [1.29, 1.82) is 0 Å². The first kappa shape index (κ1) is 13.3. The standard InChI is InChI=1S/C12H16N2O3/c1-3-4-5-9(12(16)17-2)11(15)10-8-13-6-7-14-10/h6-9H,3-5H2,1-2H3. The van der Waals surface area contributed by atoms with E-state index in [2.05, 4.69) is 14.7 Å². The van der Waals surface area contributed by atoms with Crippen LogP contribution >= 0.6 is 0 Å². The highest BCUT2D eigenvalue weighted by Crippen LogP contribution is 2.15. The molecule has 1 aromatic heterocycles. The summed E-state index contributed by atoms with van der Waals surface area (Å²) in [6, 6.07) is 0. The molecule has 0 saturated heterocycles. The quantitative estimate of drug-likeness (QED) is 0.426. The van der Waals surface area contributed by atoms with Crippen molar-refractivity contribution in [2.45, 2.75) is 26.2 Å². The summed E-state index contributed by atoms with van der Waals surface area (Å²) in [6.45, 7) is 2.00. The van der Waals surface area contributed by atoms with Crippen LogP contribution < -0.4 is 0 Å². The molecular formula is C12H16N2O3. The lowest BCUT2D eigenvalue weighted by Crippen LogP contribution is -2.26. The molecule has 92 valence electrons. The third-order valence-electron chi connectivity index (χ3n) is 2.46.